The topological polar surface area (TPSA) is 29.1 Å². The minimum Gasteiger partial charge on any atom is -0.348 e. The Bertz CT molecular complexity index is 519. The fraction of sp³-hybridized carbons (Fsp3) is 0.182. The zero-order valence-electron chi connectivity index (χ0n) is 8.49. The van der Waals surface area contributed by atoms with Crippen molar-refractivity contribution in [2.45, 2.75) is 12.7 Å². The van der Waals surface area contributed by atoms with Crippen molar-refractivity contribution in [3.63, 3.8) is 0 Å². The summed E-state index contributed by atoms with van der Waals surface area (Å²) in [5.74, 6) is -1.79. The van der Waals surface area contributed by atoms with Gasteiger partial charge >= 0.3 is 6.18 Å². The standard InChI is InChI=1S/C11H7F4NO/c1-2-5-3-7(11(13,14)15)6-4-16-10(17)8(6)9(5)12/h2-3H,1,4H2,(H,16,17). The Morgan fingerprint density at radius 2 is 2.06 bits per heavy atom. The van der Waals surface area contributed by atoms with E-state index in [1.165, 1.54) is 0 Å². The molecule has 0 spiro atoms. The number of alkyl halides is 3. The highest BCUT2D eigenvalue weighted by molar-refractivity contribution is 5.99. The van der Waals surface area contributed by atoms with Crippen LogP contribution in [0.2, 0.25) is 0 Å². The maximum Gasteiger partial charge on any atom is 0.416 e. The molecule has 1 aromatic carbocycles. The number of rotatable bonds is 1. The second kappa shape index (κ2) is 3.58. The van der Waals surface area contributed by atoms with Gasteiger partial charge in [0.15, 0.2) is 0 Å². The van der Waals surface area contributed by atoms with Gasteiger partial charge in [0.25, 0.3) is 5.91 Å². The van der Waals surface area contributed by atoms with Crippen LogP contribution in [0.1, 0.15) is 27.0 Å². The molecule has 0 aliphatic carbocycles. The van der Waals surface area contributed by atoms with Crippen molar-refractivity contribution in [1.29, 1.82) is 0 Å². The fourth-order valence-corrected chi connectivity index (χ4v) is 1.80. The molecular weight excluding hydrogens is 238 g/mol. The summed E-state index contributed by atoms with van der Waals surface area (Å²) in [6, 6.07) is 0.668. The summed E-state index contributed by atoms with van der Waals surface area (Å²) in [7, 11) is 0. The second-order valence-corrected chi connectivity index (χ2v) is 3.57. The molecular formula is C11H7F4NO. The van der Waals surface area contributed by atoms with Gasteiger partial charge in [0, 0.05) is 12.1 Å². The number of hydrogen-bond donors (Lipinski definition) is 1. The molecule has 1 aromatic rings. The van der Waals surface area contributed by atoms with E-state index in [1.54, 1.807) is 0 Å². The summed E-state index contributed by atoms with van der Waals surface area (Å²) in [5.41, 5.74) is -2.20. The number of nitrogens with one attached hydrogen (secondary N) is 1. The van der Waals surface area contributed by atoms with Crippen LogP contribution in [-0.4, -0.2) is 5.91 Å². The molecule has 1 aliphatic rings. The highest BCUT2D eigenvalue weighted by atomic mass is 19.4. The SMILES string of the molecule is C=Cc1cc(C(F)(F)F)c2c(c1F)C(=O)NC2. The van der Waals surface area contributed by atoms with Crippen LogP contribution >= 0.6 is 0 Å². The minimum atomic E-state index is -4.62. The van der Waals surface area contributed by atoms with Gasteiger partial charge in [-0.25, -0.2) is 4.39 Å². The predicted octanol–water partition coefficient (Wildman–Crippen LogP) is 2.73. The first kappa shape index (κ1) is 11.6. The van der Waals surface area contributed by atoms with E-state index >= 15 is 0 Å². The first-order valence-electron chi connectivity index (χ1n) is 4.69. The van der Waals surface area contributed by atoms with Crippen molar-refractivity contribution in [3.05, 3.63) is 40.7 Å². The lowest BCUT2D eigenvalue weighted by atomic mass is 9.98. The molecule has 0 saturated carbocycles. The Morgan fingerprint density at radius 1 is 1.41 bits per heavy atom. The lowest BCUT2D eigenvalue weighted by Crippen LogP contribution is -2.13. The van der Waals surface area contributed by atoms with Crippen LogP contribution in [0.15, 0.2) is 12.6 Å². The van der Waals surface area contributed by atoms with Crippen LogP contribution in [0.5, 0.6) is 0 Å². The van der Waals surface area contributed by atoms with Crippen molar-refractivity contribution < 1.29 is 22.4 Å². The zero-order chi connectivity index (χ0) is 12.8. The minimum absolute atomic E-state index is 0.308. The lowest BCUT2D eigenvalue weighted by molar-refractivity contribution is -0.138. The van der Waals surface area contributed by atoms with Gasteiger partial charge in [-0.05, 0) is 11.6 Å². The summed E-state index contributed by atoms with van der Waals surface area (Å²) in [6.07, 6.45) is -3.67. The third kappa shape index (κ3) is 1.69. The molecule has 0 bridgehead atoms. The highest BCUT2D eigenvalue weighted by Crippen LogP contribution is 2.37. The maximum atomic E-state index is 13.7. The highest BCUT2D eigenvalue weighted by Gasteiger charge is 2.39. The summed E-state index contributed by atoms with van der Waals surface area (Å²) < 4.78 is 51.9. The molecule has 0 radical (unpaired) electrons. The van der Waals surface area contributed by atoms with Crippen molar-refractivity contribution in [2.75, 3.05) is 0 Å². The third-order valence-electron chi connectivity index (χ3n) is 2.58. The van der Waals surface area contributed by atoms with Crippen LogP contribution in [0.25, 0.3) is 6.08 Å². The largest absolute Gasteiger partial charge is 0.416 e. The summed E-state index contributed by atoms with van der Waals surface area (Å²) in [5, 5.41) is 2.18. The number of hydrogen-bond acceptors (Lipinski definition) is 1. The lowest BCUT2D eigenvalue weighted by Gasteiger charge is -2.13. The Labute approximate surface area is 93.9 Å². The second-order valence-electron chi connectivity index (χ2n) is 3.57. The fourth-order valence-electron chi connectivity index (χ4n) is 1.80. The Morgan fingerprint density at radius 3 is 2.59 bits per heavy atom. The molecule has 0 saturated heterocycles. The van der Waals surface area contributed by atoms with E-state index in [1.807, 2.05) is 0 Å². The quantitative estimate of drug-likeness (QED) is 0.757. The van der Waals surface area contributed by atoms with E-state index in [4.69, 9.17) is 0 Å². The van der Waals surface area contributed by atoms with Crippen LogP contribution in [0, 0.1) is 5.82 Å². The molecule has 1 amide bonds. The smallest absolute Gasteiger partial charge is 0.348 e. The van der Waals surface area contributed by atoms with E-state index in [9.17, 15) is 22.4 Å². The van der Waals surface area contributed by atoms with Gasteiger partial charge in [-0.3, -0.25) is 4.79 Å². The molecule has 1 aliphatic heterocycles. The summed E-state index contributed by atoms with van der Waals surface area (Å²) in [4.78, 5) is 11.3. The molecule has 6 heteroatoms. The molecule has 17 heavy (non-hydrogen) atoms. The van der Waals surface area contributed by atoms with Crippen LogP contribution in [0.4, 0.5) is 17.6 Å². The van der Waals surface area contributed by atoms with Crippen molar-refractivity contribution in [3.8, 4) is 0 Å². The van der Waals surface area contributed by atoms with E-state index < -0.39 is 29.0 Å². The molecule has 0 atom stereocenters. The molecule has 90 valence electrons. The molecule has 1 heterocycles. The van der Waals surface area contributed by atoms with Gasteiger partial charge in [-0.1, -0.05) is 12.7 Å². The van der Waals surface area contributed by atoms with E-state index in [0.29, 0.717) is 6.07 Å². The monoisotopic (exact) mass is 245 g/mol. The number of carbonyl (C=O) groups is 1. The molecule has 2 rings (SSSR count). The molecule has 0 aromatic heterocycles. The summed E-state index contributed by atoms with van der Waals surface area (Å²) in [6.45, 7) is 2.92. The first-order chi connectivity index (χ1) is 7.86. The van der Waals surface area contributed by atoms with E-state index in [0.717, 1.165) is 6.08 Å². The van der Waals surface area contributed by atoms with Gasteiger partial charge in [0.1, 0.15) is 5.82 Å². The molecule has 1 N–H and O–H groups in total. The summed E-state index contributed by atoms with van der Waals surface area (Å²) >= 11 is 0. The maximum absolute atomic E-state index is 13.7. The predicted molar refractivity (Wildman–Crippen MR) is 52.7 cm³/mol. The van der Waals surface area contributed by atoms with Crippen LogP contribution in [-0.2, 0) is 12.7 Å². The van der Waals surface area contributed by atoms with Crippen LogP contribution < -0.4 is 5.32 Å². The average molecular weight is 245 g/mol. The molecule has 2 nitrogen and oxygen atoms in total. The van der Waals surface area contributed by atoms with E-state index in [2.05, 4.69) is 11.9 Å². The average Bonchev–Trinajstić information content (AvgIpc) is 2.60. The Kier molecular flexibility index (Phi) is 2.45. The van der Waals surface area contributed by atoms with Gasteiger partial charge in [0.2, 0.25) is 0 Å². The van der Waals surface area contributed by atoms with E-state index in [-0.39, 0.29) is 17.7 Å². The Balaban J connectivity index is 2.80. The van der Waals surface area contributed by atoms with Gasteiger partial charge in [-0.15, -0.1) is 0 Å². The van der Waals surface area contributed by atoms with Gasteiger partial charge < -0.3 is 5.32 Å². The third-order valence-corrected chi connectivity index (χ3v) is 2.58. The van der Waals surface area contributed by atoms with Gasteiger partial charge in [0.05, 0.1) is 11.1 Å². The number of benzene rings is 1. The van der Waals surface area contributed by atoms with Crippen LogP contribution in [0.3, 0.4) is 0 Å². The first-order valence-corrected chi connectivity index (χ1v) is 4.69. The number of fused-ring (bicyclic) bond motifs is 1. The molecule has 0 fully saturated rings. The number of halogens is 4. The van der Waals surface area contributed by atoms with Crippen molar-refractivity contribution in [1.82, 2.24) is 5.32 Å². The van der Waals surface area contributed by atoms with Gasteiger partial charge in [-0.2, -0.15) is 13.2 Å². The molecule has 0 unspecified atom stereocenters. The normalized spacial score (nSPS) is 14.5. The Hall–Kier alpha value is -1.85. The van der Waals surface area contributed by atoms with Crippen molar-refractivity contribution in [2.24, 2.45) is 0 Å². The zero-order valence-corrected chi connectivity index (χ0v) is 8.49. The number of amides is 1. The van der Waals surface area contributed by atoms with Crippen molar-refractivity contribution >= 4 is 12.0 Å². The number of carbonyl (C=O) groups excluding carboxylic acids is 1.